The highest BCUT2D eigenvalue weighted by atomic mass is 16.5. The Morgan fingerprint density at radius 2 is 2.12 bits per heavy atom. The van der Waals surface area contributed by atoms with Gasteiger partial charge in [-0.05, 0) is 62.6 Å². The van der Waals surface area contributed by atoms with Crippen LogP contribution in [-0.2, 0) is 11.8 Å². The molecule has 1 saturated heterocycles. The Morgan fingerprint density at radius 3 is 2.88 bits per heavy atom. The van der Waals surface area contributed by atoms with Gasteiger partial charge in [0.15, 0.2) is 11.5 Å². The number of hydrogen-bond donors (Lipinski definition) is 2. The van der Waals surface area contributed by atoms with Gasteiger partial charge in [-0.3, -0.25) is 4.90 Å². The fourth-order valence-electron chi connectivity index (χ4n) is 6.61. The minimum atomic E-state index is -0.825. The maximum Gasteiger partial charge on any atom is 0.166 e. The van der Waals surface area contributed by atoms with Gasteiger partial charge in [-0.15, -0.1) is 0 Å². The minimum absolute atomic E-state index is 0.127. The minimum Gasteiger partial charge on any atom is -0.493 e. The van der Waals surface area contributed by atoms with Crippen LogP contribution in [0.15, 0.2) is 12.1 Å². The van der Waals surface area contributed by atoms with E-state index in [-0.39, 0.29) is 12.1 Å². The number of benzene rings is 1. The SMILES string of the molecule is COc1ccc2c3c1OC1C(O)CC[C@]4(O)C(C2)N(CC2CC2)CC[C@@]314. The van der Waals surface area contributed by atoms with Crippen molar-refractivity contribution in [3.8, 4) is 11.5 Å². The van der Waals surface area contributed by atoms with Crippen molar-refractivity contribution in [2.45, 2.75) is 67.8 Å². The van der Waals surface area contributed by atoms with E-state index in [0.717, 1.165) is 48.9 Å². The molecular weight excluding hydrogens is 330 g/mol. The number of aliphatic hydroxyl groups is 2. The quantitative estimate of drug-likeness (QED) is 0.861. The smallest absolute Gasteiger partial charge is 0.166 e. The van der Waals surface area contributed by atoms with Crippen LogP contribution in [0, 0.1) is 5.92 Å². The van der Waals surface area contributed by atoms with Gasteiger partial charge in [0.05, 0.1) is 24.2 Å². The van der Waals surface area contributed by atoms with Gasteiger partial charge in [0.1, 0.15) is 6.10 Å². The maximum absolute atomic E-state index is 12.1. The molecule has 3 fully saturated rings. The molecule has 0 radical (unpaired) electrons. The summed E-state index contributed by atoms with van der Waals surface area (Å²) in [5.41, 5.74) is 1.08. The molecule has 140 valence electrons. The average Bonchev–Trinajstić information content (AvgIpc) is 3.37. The summed E-state index contributed by atoms with van der Waals surface area (Å²) in [5.74, 6) is 2.30. The summed E-state index contributed by atoms with van der Waals surface area (Å²) in [7, 11) is 1.66. The number of likely N-dealkylation sites (tertiary alicyclic amines) is 1. The van der Waals surface area contributed by atoms with E-state index < -0.39 is 17.1 Å². The van der Waals surface area contributed by atoms with Crippen LogP contribution in [0.25, 0.3) is 0 Å². The highest BCUT2D eigenvalue weighted by molar-refractivity contribution is 5.62. The molecule has 5 atom stereocenters. The lowest BCUT2D eigenvalue weighted by atomic mass is 9.48. The summed E-state index contributed by atoms with van der Waals surface area (Å²) in [6.07, 6.45) is 4.72. The zero-order valence-corrected chi connectivity index (χ0v) is 15.3. The second-order valence-electron chi connectivity index (χ2n) is 9.08. The van der Waals surface area contributed by atoms with Crippen molar-refractivity contribution < 1.29 is 19.7 Å². The Labute approximate surface area is 153 Å². The molecule has 5 aliphatic rings. The lowest BCUT2D eigenvalue weighted by Crippen LogP contribution is -2.77. The number of piperidine rings is 1. The molecule has 2 saturated carbocycles. The molecule has 2 bridgehead atoms. The summed E-state index contributed by atoms with van der Waals surface area (Å²) in [6.45, 7) is 2.08. The molecule has 0 amide bonds. The molecule has 1 aromatic rings. The molecule has 2 heterocycles. The first kappa shape index (κ1) is 15.7. The first-order chi connectivity index (χ1) is 12.6. The highest BCUT2D eigenvalue weighted by Gasteiger charge is 2.72. The van der Waals surface area contributed by atoms with Crippen molar-refractivity contribution in [1.29, 1.82) is 0 Å². The zero-order chi connectivity index (χ0) is 17.7. The average molecular weight is 357 g/mol. The van der Waals surface area contributed by atoms with E-state index in [2.05, 4.69) is 11.0 Å². The Morgan fingerprint density at radius 1 is 1.27 bits per heavy atom. The molecule has 3 unspecified atom stereocenters. The first-order valence-corrected chi connectivity index (χ1v) is 10.1. The van der Waals surface area contributed by atoms with Gasteiger partial charge in [-0.2, -0.15) is 0 Å². The van der Waals surface area contributed by atoms with Crippen molar-refractivity contribution in [1.82, 2.24) is 4.90 Å². The van der Waals surface area contributed by atoms with Gasteiger partial charge in [-0.25, -0.2) is 0 Å². The summed E-state index contributed by atoms with van der Waals surface area (Å²) in [6, 6.07) is 4.27. The number of methoxy groups -OCH3 is 1. The Bertz CT molecular complexity index is 778. The van der Waals surface area contributed by atoms with Crippen LogP contribution in [0.1, 0.15) is 43.2 Å². The van der Waals surface area contributed by atoms with Crippen molar-refractivity contribution in [3.05, 3.63) is 23.3 Å². The summed E-state index contributed by atoms with van der Waals surface area (Å²) in [4.78, 5) is 2.54. The summed E-state index contributed by atoms with van der Waals surface area (Å²) in [5, 5.41) is 22.9. The Hall–Kier alpha value is -1.30. The van der Waals surface area contributed by atoms with E-state index in [1.165, 1.54) is 18.4 Å². The molecule has 6 rings (SSSR count). The topological polar surface area (TPSA) is 62.2 Å². The number of nitrogens with zero attached hydrogens (tertiary/aromatic N) is 1. The Balaban J connectivity index is 1.56. The van der Waals surface area contributed by atoms with Crippen molar-refractivity contribution in [3.63, 3.8) is 0 Å². The van der Waals surface area contributed by atoms with Crippen LogP contribution in [0.4, 0.5) is 0 Å². The van der Waals surface area contributed by atoms with Crippen LogP contribution >= 0.6 is 0 Å². The van der Waals surface area contributed by atoms with Crippen LogP contribution in [0.5, 0.6) is 11.5 Å². The predicted molar refractivity (Wildman–Crippen MR) is 95.7 cm³/mol. The molecule has 3 aliphatic carbocycles. The van der Waals surface area contributed by atoms with Crippen LogP contribution in [0.2, 0.25) is 0 Å². The summed E-state index contributed by atoms with van der Waals surface area (Å²) < 4.78 is 11.9. The summed E-state index contributed by atoms with van der Waals surface area (Å²) >= 11 is 0. The molecular formula is C21H27NO4. The normalized spacial score (nSPS) is 43.0. The number of rotatable bonds is 3. The lowest BCUT2D eigenvalue weighted by Gasteiger charge is -2.63. The van der Waals surface area contributed by atoms with Crippen molar-refractivity contribution >= 4 is 0 Å². The van der Waals surface area contributed by atoms with E-state index in [9.17, 15) is 10.2 Å². The van der Waals surface area contributed by atoms with Gasteiger partial charge in [0.25, 0.3) is 0 Å². The second kappa shape index (κ2) is 4.94. The van der Waals surface area contributed by atoms with E-state index in [0.29, 0.717) is 12.8 Å². The van der Waals surface area contributed by atoms with Gasteiger partial charge >= 0.3 is 0 Å². The third-order valence-corrected chi connectivity index (χ3v) is 7.94. The van der Waals surface area contributed by atoms with E-state index in [1.54, 1.807) is 7.11 Å². The fraction of sp³-hybridized carbons (Fsp3) is 0.714. The molecule has 1 spiro atoms. The van der Waals surface area contributed by atoms with Crippen molar-refractivity contribution in [2.24, 2.45) is 5.92 Å². The zero-order valence-electron chi connectivity index (χ0n) is 15.3. The molecule has 26 heavy (non-hydrogen) atoms. The molecule has 5 heteroatoms. The largest absolute Gasteiger partial charge is 0.493 e. The van der Waals surface area contributed by atoms with Gasteiger partial charge < -0.3 is 19.7 Å². The van der Waals surface area contributed by atoms with Gasteiger partial charge in [-0.1, -0.05) is 6.07 Å². The number of hydrogen-bond acceptors (Lipinski definition) is 5. The standard InChI is InChI=1S/C21H27NO4/c1-25-15-5-4-13-10-16-21(24)7-6-14(23)19-20(21,17(13)18(15)26-19)8-9-22(16)11-12-2-3-12/h4-5,12,14,16,19,23-24H,2-3,6-11H2,1H3/t14?,16?,19?,20-,21+/m1/s1. The third-order valence-electron chi connectivity index (χ3n) is 7.94. The Kier molecular flexibility index (Phi) is 2.99. The fourth-order valence-corrected chi connectivity index (χ4v) is 6.61. The monoisotopic (exact) mass is 357 g/mol. The van der Waals surface area contributed by atoms with E-state index in [1.807, 2.05) is 6.07 Å². The van der Waals surface area contributed by atoms with Crippen LogP contribution < -0.4 is 9.47 Å². The molecule has 0 aromatic heterocycles. The lowest BCUT2D eigenvalue weighted by molar-refractivity contribution is -0.208. The third kappa shape index (κ3) is 1.68. The van der Waals surface area contributed by atoms with E-state index in [4.69, 9.17) is 9.47 Å². The van der Waals surface area contributed by atoms with Gasteiger partial charge in [0.2, 0.25) is 0 Å². The highest BCUT2D eigenvalue weighted by Crippen LogP contribution is 2.65. The van der Waals surface area contributed by atoms with Crippen molar-refractivity contribution in [2.75, 3.05) is 20.2 Å². The predicted octanol–water partition coefficient (Wildman–Crippen LogP) is 1.62. The molecule has 2 N–H and O–H groups in total. The second-order valence-corrected chi connectivity index (χ2v) is 9.08. The molecule has 1 aromatic carbocycles. The van der Waals surface area contributed by atoms with Gasteiger partial charge in [0, 0.05) is 18.2 Å². The number of ether oxygens (including phenoxy) is 2. The first-order valence-electron chi connectivity index (χ1n) is 10.1. The van der Waals surface area contributed by atoms with Crippen LogP contribution in [-0.4, -0.2) is 59.2 Å². The number of aliphatic hydroxyl groups excluding tert-OH is 1. The molecule has 2 aliphatic heterocycles. The van der Waals surface area contributed by atoms with E-state index >= 15 is 0 Å². The maximum atomic E-state index is 12.1. The van der Waals surface area contributed by atoms with Crippen LogP contribution in [0.3, 0.4) is 0 Å². The molecule has 5 nitrogen and oxygen atoms in total.